The van der Waals surface area contributed by atoms with E-state index < -0.39 is 0 Å². The van der Waals surface area contributed by atoms with E-state index in [2.05, 4.69) is 46.9 Å². The van der Waals surface area contributed by atoms with Gasteiger partial charge in [0, 0.05) is 37.0 Å². The summed E-state index contributed by atoms with van der Waals surface area (Å²) in [5.41, 5.74) is 10.5. The molecule has 0 radical (unpaired) electrons. The second-order valence-electron chi connectivity index (χ2n) is 7.65. The number of nitrogens with zero attached hydrogens (tertiary/aromatic N) is 2. The predicted octanol–water partition coefficient (Wildman–Crippen LogP) is 3.16. The normalized spacial score (nSPS) is 26.0. The Morgan fingerprint density at radius 1 is 1.30 bits per heavy atom. The zero-order valence-electron chi connectivity index (χ0n) is 16.5. The summed E-state index contributed by atoms with van der Waals surface area (Å²) in [4.78, 5) is 2.63. The maximum absolute atomic E-state index is 5.57. The molecule has 3 heterocycles. The fourth-order valence-corrected chi connectivity index (χ4v) is 4.65. The Balaban J connectivity index is 1.50. The maximum Gasteiger partial charge on any atom is 0.141 e. The standard InChI is InChI=1S/C21H30N4O2/c1-4-19-20(14(2)24-27-19)18-6-5-11-25(18)13-16-12-22-23-21(16)15-7-9-17(26-3)10-8-15/h7-10,16,18,21-23H,4-6,11-13H2,1-3H3. The van der Waals surface area contributed by atoms with Gasteiger partial charge < -0.3 is 9.26 Å². The predicted molar refractivity (Wildman–Crippen MR) is 105 cm³/mol. The van der Waals surface area contributed by atoms with Crippen molar-refractivity contribution in [1.82, 2.24) is 20.9 Å². The maximum atomic E-state index is 5.57. The lowest BCUT2D eigenvalue weighted by Crippen LogP contribution is -2.33. The Labute approximate surface area is 161 Å². The van der Waals surface area contributed by atoms with Crippen molar-refractivity contribution in [3.8, 4) is 5.75 Å². The molecule has 3 atom stereocenters. The van der Waals surface area contributed by atoms with Crippen LogP contribution in [-0.4, -0.2) is 36.8 Å². The quantitative estimate of drug-likeness (QED) is 0.814. The summed E-state index contributed by atoms with van der Waals surface area (Å²) in [5.74, 6) is 2.47. The van der Waals surface area contributed by atoms with Crippen LogP contribution >= 0.6 is 0 Å². The molecule has 4 rings (SSSR count). The summed E-state index contributed by atoms with van der Waals surface area (Å²) in [6.07, 6.45) is 3.33. The van der Waals surface area contributed by atoms with E-state index >= 15 is 0 Å². The first-order chi connectivity index (χ1) is 13.2. The van der Waals surface area contributed by atoms with Crippen molar-refractivity contribution in [1.29, 1.82) is 0 Å². The monoisotopic (exact) mass is 370 g/mol. The first kappa shape index (κ1) is 18.5. The van der Waals surface area contributed by atoms with Crippen molar-refractivity contribution in [2.75, 3.05) is 26.7 Å². The topological polar surface area (TPSA) is 62.6 Å². The van der Waals surface area contributed by atoms with E-state index in [1.807, 2.05) is 12.1 Å². The minimum Gasteiger partial charge on any atom is -0.497 e. The zero-order valence-corrected chi connectivity index (χ0v) is 16.5. The average molecular weight is 370 g/mol. The molecule has 2 N–H and O–H groups in total. The van der Waals surface area contributed by atoms with Gasteiger partial charge in [-0.05, 0) is 44.0 Å². The second kappa shape index (κ2) is 8.00. The van der Waals surface area contributed by atoms with E-state index in [0.717, 1.165) is 43.3 Å². The molecule has 2 aromatic rings. The Bertz CT molecular complexity index is 758. The smallest absolute Gasteiger partial charge is 0.141 e. The highest BCUT2D eigenvalue weighted by Gasteiger charge is 2.36. The second-order valence-corrected chi connectivity index (χ2v) is 7.65. The third-order valence-electron chi connectivity index (χ3n) is 6.04. The van der Waals surface area contributed by atoms with E-state index in [4.69, 9.17) is 9.26 Å². The molecule has 6 heteroatoms. The first-order valence-corrected chi connectivity index (χ1v) is 10.0. The van der Waals surface area contributed by atoms with Gasteiger partial charge >= 0.3 is 0 Å². The molecule has 6 nitrogen and oxygen atoms in total. The van der Waals surface area contributed by atoms with Gasteiger partial charge in [0.15, 0.2) is 0 Å². The van der Waals surface area contributed by atoms with Gasteiger partial charge in [-0.1, -0.05) is 24.2 Å². The van der Waals surface area contributed by atoms with Gasteiger partial charge in [-0.15, -0.1) is 0 Å². The van der Waals surface area contributed by atoms with Crippen LogP contribution in [0.5, 0.6) is 5.75 Å². The molecular weight excluding hydrogens is 340 g/mol. The fraction of sp³-hybridized carbons (Fsp3) is 0.571. The van der Waals surface area contributed by atoms with E-state index in [9.17, 15) is 0 Å². The number of nitrogens with one attached hydrogen (secondary N) is 2. The highest BCUT2D eigenvalue weighted by Crippen LogP contribution is 2.38. The fourth-order valence-electron chi connectivity index (χ4n) is 4.65. The highest BCUT2D eigenvalue weighted by atomic mass is 16.5. The first-order valence-electron chi connectivity index (χ1n) is 10.0. The van der Waals surface area contributed by atoms with Crippen molar-refractivity contribution < 1.29 is 9.26 Å². The van der Waals surface area contributed by atoms with E-state index in [-0.39, 0.29) is 0 Å². The summed E-state index contributed by atoms with van der Waals surface area (Å²) >= 11 is 0. The van der Waals surface area contributed by atoms with Crippen LogP contribution in [0.25, 0.3) is 0 Å². The number of aryl methyl sites for hydroxylation is 2. The molecule has 0 saturated carbocycles. The van der Waals surface area contributed by atoms with E-state index in [1.165, 1.54) is 24.0 Å². The SMILES string of the molecule is CCc1onc(C)c1C1CCCN1CC1CNNC1c1ccc(OC)cc1. The summed E-state index contributed by atoms with van der Waals surface area (Å²) in [6, 6.07) is 9.15. The molecule has 3 unspecified atom stereocenters. The summed E-state index contributed by atoms with van der Waals surface area (Å²) in [6.45, 7) is 7.41. The molecule has 1 aromatic carbocycles. The number of hydrogen-bond donors (Lipinski definition) is 2. The number of aromatic nitrogens is 1. The number of hydrogen-bond acceptors (Lipinski definition) is 6. The van der Waals surface area contributed by atoms with Crippen molar-refractivity contribution in [2.24, 2.45) is 5.92 Å². The van der Waals surface area contributed by atoms with Gasteiger partial charge in [-0.2, -0.15) is 0 Å². The Hall–Kier alpha value is -1.89. The van der Waals surface area contributed by atoms with Crippen LogP contribution in [0.1, 0.15) is 54.4 Å². The van der Waals surface area contributed by atoms with Crippen LogP contribution in [0, 0.1) is 12.8 Å². The van der Waals surface area contributed by atoms with Crippen molar-refractivity contribution in [3.05, 3.63) is 46.8 Å². The number of methoxy groups -OCH3 is 1. The van der Waals surface area contributed by atoms with Gasteiger partial charge in [0.1, 0.15) is 11.5 Å². The van der Waals surface area contributed by atoms with Gasteiger partial charge in [-0.25, -0.2) is 5.43 Å². The van der Waals surface area contributed by atoms with Crippen molar-refractivity contribution in [2.45, 2.75) is 45.2 Å². The number of benzene rings is 1. The van der Waals surface area contributed by atoms with E-state index in [0.29, 0.717) is 18.0 Å². The Morgan fingerprint density at radius 2 is 2.11 bits per heavy atom. The molecule has 2 aliphatic heterocycles. The van der Waals surface area contributed by atoms with Crippen molar-refractivity contribution >= 4 is 0 Å². The van der Waals surface area contributed by atoms with Crippen molar-refractivity contribution in [3.63, 3.8) is 0 Å². The molecule has 146 valence electrons. The minimum atomic E-state index is 0.311. The largest absolute Gasteiger partial charge is 0.497 e. The minimum absolute atomic E-state index is 0.311. The highest BCUT2D eigenvalue weighted by molar-refractivity contribution is 5.30. The molecule has 0 bridgehead atoms. The van der Waals surface area contributed by atoms with Crippen LogP contribution in [0.3, 0.4) is 0 Å². The van der Waals surface area contributed by atoms with Gasteiger partial charge in [0.2, 0.25) is 0 Å². The van der Waals surface area contributed by atoms with Crippen LogP contribution in [0.15, 0.2) is 28.8 Å². The average Bonchev–Trinajstić information content (AvgIpc) is 3.42. The third kappa shape index (κ3) is 3.61. The summed E-state index contributed by atoms with van der Waals surface area (Å²) in [7, 11) is 1.71. The molecular formula is C21H30N4O2. The Morgan fingerprint density at radius 3 is 2.85 bits per heavy atom. The Kier molecular flexibility index (Phi) is 5.48. The van der Waals surface area contributed by atoms with Crippen LogP contribution in [0.4, 0.5) is 0 Å². The van der Waals surface area contributed by atoms with Crippen LogP contribution in [0.2, 0.25) is 0 Å². The molecule has 0 amide bonds. The molecule has 2 aliphatic rings. The lowest BCUT2D eigenvalue weighted by molar-refractivity contribution is 0.209. The third-order valence-corrected chi connectivity index (χ3v) is 6.04. The zero-order chi connectivity index (χ0) is 18.8. The number of rotatable bonds is 6. The lowest BCUT2D eigenvalue weighted by Gasteiger charge is -2.29. The van der Waals surface area contributed by atoms with Crippen LogP contribution in [-0.2, 0) is 6.42 Å². The molecule has 2 fully saturated rings. The molecule has 0 aliphatic carbocycles. The molecule has 2 saturated heterocycles. The van der Waals surface area contributed by atoms with Gasteiger partial charge in [0.25, 0.3) is 0 Å². The number of likely N-dealkylation sites (tertiary alicyclic amines) is 1. The molecule has 0 spiro atoms. The van der Waals surface area contributed by atoms with E-state index in [1.54, 1.807) is 7.11 Å². The molecule has 27 heavy (non-hydrogen) atoms. The summed E-state index contributed by atoms with van der Waals surface area (Å²) in [5, 5.41) is 4.24. The van der Waals surface area contributed by atoms with Crippen LogP contribution < -0.4 is 15.6 Å². The van der Waals surface area contributed by atoms with Gasteiger partial charge in [-0.3, -0.25) is 10.3 Å². The summed E-state index contributed by atoms with van der Waals surface area (Å²) < 4.78 is 10.9. The lowest BCUT2D eigenvalue weighted by atomic mass is 9.93. The number of hydrazine groups is 1. The molecule has 1 aromatic heterocycles. The number of ether oxygens (including phenoxy) is 1. The van der Waals surface area contributed by atoms with Gasteiger partial charge in [0.05, 0.1) is 18.8 Å².